The smallest absolute Gasteiger partial charge is 0.254 e. The molecular weight excluding hydrogens is 200 g/mol. The minimum atomic E-state index is 0.132. The van der Waals surface area contributed by atoms with Crippen LogP contribution in [0, 0.1) is 13.8 Å². The van der Waals surface area contributed by atoms with E-state index in [9.17, 15) is 4.79 Å². The Morgan fingerprint density at radius 1 is 1.38 bits per heavy atom. The van der Waals surface area contributed by atoms with Crippen molar-refractivity contribution in [3.05, 3.63) is 34.9 Å². The lowest BCUT2D eigenvalue weighted by Crippen LogP contribution is -2.57. The van der Waals surface area contributed by atoms with Crippen LogP contribution in [0.15, 0.2) is 18.2 Å². The molecule has 0 bridgehead atoms. The number of aryl methyl sites for hydroxylation is 2. The summed E-state index contributed by atoms with van der Waals surface area (Å²) in [6.07, 6.45) is 0. The average Bonchev–Trinajstić information content (AvgIpc) is 2.18. The van der Waals surface area contributed by atoms with E-state index < -0.39 is 0 Å². The molecule has 0 saturated carbocycles. The van der Waals surface area contributed by atoms with Gasteiger partial charge in [0.05, 0.1) is 6.04 Å². The van der Waals surface area contributed by atoms with Gasteiger partial charge >= 0.3 is 0 Å². The summed E-state index contributed by atoms with van der Waals surface area (Å²) in [5.74, 6) is 0.132. The highest BCUT2D eigenvalue weighted by molar-refractivity contribution is 5.96. The summed E-state index contributed by atoms with van der Waals surface area (Å²) in [7, 11) is 1.88. The maximum absolute atomic E-state index is 12.3. The molecule has 1 fully saturated rings. The number of likely N-dealkylation sites (N-methyl/N-ethyl adjacent to an activating group) is 1. The summed E-state index contributed by atoms with van der Waals surface area (Å²) in [5, 5.41) is 3.18. The maximum Gasteiger partial charge on any atom is 0.254 e. The lowest BCUT2D eigenvalue weighted by molar-refractivity contribution is 0.0680. The Balaban J connectivity index is 2.22. The van der Waals surface area contributed by atoms with E-state index in [2.05, 4.69) is 5.32 Å². The molecule has 1 aromatic carbocycles. The van der Waals surface area contributed by atoms with Gasteiger partial charge in [0, 0.05) is 25.7 Å². The summed E-state index contributed by atoms with van der Waals surface area (Å²) in [6.45, 7) is 5.82. The van der Waals surface area contributed by atoms with Gasteiger partial charge in [0.15, 0.2) is 0 Å². The molecule has 3 heteroatoms. The van der Waals surface area contributed by atoms with Crippen LogP contribution in [0.25, 0.3) is 0 Å². The van der Waals surface area contributed by atoms with Gasteiger partial charge in [-0.1, -0.05) is 17.7 Å². The Bertz CT molecular complexity index is 410. The van der Waals surface area contributed by atoms with Crippen molar-refractivity contribution < 1.29 is 4.79 Å². The predicted molar refractivity (Wildman–Crippen MR) is 64.7 cm³/mol. The van der Waals surface area contributed by atoms with Gasteiger partial charge in [-0.15, -0.1) is 0 Å². The fourth-order valence-corrected chi connectivity index (χ4v) is 1.87. The highest BCUT2D eigenvalue weighted by Crippen LogP contribution is 2.15. The van der Waals surface area contributed by atoms with E-state index in [0.29, 0.717) is 6.04 Å². The van der Waals surface area contributed by atoms with Crippen molar-refractivity contribution >= 4 is 5.91 Å². The van der Waals surface area contributed by atoms with Crippen molar-refractivity contribution in [2.24, 2.45) is 0 Å². The molecule has 1 amide bonds. The first kappa shape index (κ1) is 11.1. The van der Waals surface area contributed by atoms with Gasteiger partial charge in [-0.2, -0.15) is 0 Å². The van der Waals surface area contributed by atoms with Crippen LogP contribution in [0.2, 0.25) is 0 Å². The highest BCUT2D eigenvalue weighted by atomic mass is 16.2. The second-order valence-corrected chi connectivity index (χ2v) is 4.55. The molecule has 0 unspecified atom stereocenters. The molecular formula is C13H18N2O. The van der Waals surface area contributed by atoms with Gasteiger partial charge in [-0.25, -0.2) is 0 Å². The SMILES string of the molecule is Cc1ccc(C)c(C(=O)N(C)C2CNC2)c1. The Morgan fingerprint density at radius 3 is 2.62 bits per heavy atom. The van der Waals surface area contributed by atoms with Gasteiger partial charge in [0.25, 0.3) is 5.91 Å². The van der Waals surface area contributed by atoms with Gasteiger partial charge in [-0.3, -0.25) is 4.79 Å². The number of hydrogen-bond donors (Lipinski definition) is 1. The fraction of sp³-hybridized carbons (Fsp3) is 0.462. The quantitative estimate of drug-likeness (QED) is 0.812. The topological polar surface area (TPSA) is 32.3 Å². The summed E-state index contributed by atoms with van der Waals surface area (Å²) >= 11 is 0. The normalized spacial score (nSPS) is 15.7. The molecule has 1 saturated heterocycles. The number of nitrogens with one attached hydrogen (secondary N) is 1. The number of nitrogens with zero attached hydrogens (tertiary/aromatic N) is 1. The van der Waals surface area contributed by atoms with Crippen molar-refractivity contribution in [3.8, 4) is 0 Å². The second kappa shape index (κ2) is 4.26. The zero-order valence-electron chi connectivity index (χ0n) is 10.1. The third kappa shape index (κ3) is 1.95. The van der Waals surface area contributed by atoms with Crippen molar-refractivity contribution in [2.75, 3.05) is 20.1 Å². The second-order valence-electron chi connectivity index (χ2n) is 4.55. The van der Waals surface area contributed by atoms with Crippen LogP contribution in [0.4, 0.5) is 0 Å². The molecule has 86 valence electrons. The lowest BCUT2D eigenvalue weighted by atomic mass is 10.0. The van der Waals surface area contributed by atoms with E-state index >= 15 is 0 Å². The molecule has 0 atom stereocenters. The number of hydrogen-bond acceptors (Lipinski definition) is 2. The Hall–Kier alpha value is -1.35. The van der Waals surface area contributed by atoms with E-state index in [4.69, 9.17) is 0 Å². The third-order valence-electron chi connectivity index (χ3n) is 3.25. The molecule has 0 aliphatic carbocycles. The molecule has 2 rings (SSSR count). The van der Waals surface area contributed by atoms with Crippen LogP contribution < -0.4 is 5.32 Å². The van der Waals surface area contributed by atoms with E-state index in [1.807, 2.05) is 44.0 Å². The average molecular weight is 218 g/mol. The number of benzene rings is 1. The first-order valence-electron chi connectivity index (χ1n) is 5.64. The molecule has 1 N–H and O–H groups in total. The van der Waals surface area contributed by atoms with Gasteiger partial charge < -0.3 is 10.2 Å². The summed E-state index contributed by atoms with van der Waals surface area (Å²) in [4.78, 5) is 14.1. The van der Waals surface area contributed by atoms with Crippen LogP contribution in [0.3, 0.4) is 0 Å². The number of carbonyl (C=O) groups is 1. The first-order chi connectivity index (χ1) is 7.59. The van der Waals surface area contributed by atoms with Gasteiger partial charge in [-0.05, 0) is 25.5 Å². The fourth-order valence-electron chi connectivity index (χ4n) is 1.87. The predicted octanol–water partition coefficient (Wildman–Crippen LogP) is 1.35. The monoisotopic (exact) mass is 218 g/mol. The largest absolute Gasteiger partial charge is 0.336 e. The molecule has 0 aromatic heterocycles. The van der Waals surface area contributed by atoms with Crippen LogP contribution in [0.1, 0.15) is 21.5 Å². The molecule has 1 aromatic rings. The molecule has 0 radical (unpaired) electrons. The maximum atomic E-state index is 12.3. The Labute approximate surface area is 96.5 Å². The molecule has 16 heavy (non-hydrogen) atoms. The minimum absolute atomic E-state index is 0.132. The molecule has 3 nitrogen and oxygen atoms in total. The van der Waals surface area contributed by atoms with Crippen LogP contribution >= 0.6 is 0 Å². The highest BCUT2D eigenvalue weighted by Gasteiger charge is 2.26. The van der Waals surface area contributed by atoms with Crippen molar-refractivity contribution in [1.82, 2.24) is 10.2 Å². The van der Waals surface area contributed by atoms with E-state index in [0.717, 1.165) is 29.8 Å². The number of rotatable bonds is 2. The lowest BCUT2D eigenvalue weighted by Gasteiger charge is -2.35. The zero-order chi connectivity index (χ0) is 11.7. The van der Waals surface area contributed by atoms with Crippen LogP contribution in [0.5, 0.6) is 0 Å². The Kier molecular flexibility index (Phi) is 2.97. The Morgan fingerprint density at radius 2 is 2.06 bits per heavy atom. The number of carbonyl (C=O) groups excluding carboxylic acids is 1. The van der Waals surface area contributed by atoms with Gasteiger partial charge in [0.2, 0.25) is 0 Å². The van der Waals surface area contributed by atoms with E-state index in [-0.39, 0.29) is 5.91 Å². The third-order valence-corrected chi connectivity index (χ3v) is 3.25. The van der Waals surface area contributed by atoms with Crippen LogP contribution in [-0.2, 0) is 0 Å². The summed E-state index contributed by atoms with van der Waals surface area (Å²) in [5.41, 5.74) is 3.01. The van der Waals surface area contributed by atoms with Crippen LogP contribution in [-0.4, -0.2) is 37.0 Å². The van der Waals surface area contributed by atoms with E-state index in [1.165, 1.54) is 0 Å². The minimum Gasteiger partial charge on any atom is -0.336 e. The van der Waals surface area contributed by atoms with Gasteiger partial charge in [0.1, 0.15) is 0 Å². The summed E-state index contributed by atoms with van der Waals surface area (Å²) < 4.78 is 0. The van der Waals surface area contributed by atoms with E-state index in [1.54, 1.807) is 0 Å². The number of amides is 1. The van der Waals surface area contributed by atoms with Crippen molar-refractivity contribution in [3.63, 3.8) is 0 Å². The zero-order valence-corrected chi connectivity index (χ0v) is 10.1. The van der Waals surface area contributed by atoms with Crippen molar-refractivity contribution in [1.29, 1.82) is 0 Å². The first-order valence-corrected chi connectivity index (χ1v) is 5.64. The summed E-state index contributed by atoms with van der Waals surface area (Å²) in [6, 6.07) is 6.37. The standard InChI is InChI=1S/C13H18N2O/c1-9-4-5-10(2)12(6-9)13(16)15(3)11-7-14-8-11/h4-6,11,14H,7-8H2,1-3H3. The molecule has 1 aliphatic heterocycles. The molecule has 1 heterocycles. The molecule has 1 aliphatic rings. The van der Waals surface area contributed by atoms with Crippen molar-refractivity contribution in [2.45, 2.75) is 19.9 Å². The molecule has 0 spiro atoms.